The zero-order valence-corrected chi connectivity index (χ0v) is 18.5. The number of ether oxygens (including phenoxy) is 1. The second-order valence-electron chi connectivity index (χ2n) is 6.70. The van der Waals surface area contributed by atoms with E-state index in [1.165, 1.54) is 0 Å². The van der Waals surface area contributed by atoms with Crippen LogP contribution in [0.3, 0.4) is 0 Å². The van der Waals surface area contributed by atoms with Crippen LogP contribution < -0.4 is 5.32 Å². The molecular formula is C18H17Br2ClN2O5. The summed E-state index contributed by atoms with van der Waals surface area (Å²) in [6.07, 6.45) is 1.05. The largest absolute Gasteiger partial charge is 0.454 e. The van der Waals surface area contributed by atoms with E-state index in [9.17, 15) is 19.2 Å². The van der Waals surface area contributed by atoms with Gasteiger partial charge in [-0.05, 0) is 31.0 Å². The summed E-state index contributed by atoms with van der Waals surface area (Å²) in [6, 6.07) is 6.53. The molecule has 0 bridgehead atoms. The minimum atomic E-state index is -0.813. The SMILES string of the molecule is O=C(COC(=O)CN1C(=O)[C@H]2C[C@@H](Br)[C@@H](Br)C[C@H]2C1=O)Nc1cccc(Cl)c1. The molecule has 1 aromatic rings. The number of nitrogens with one attached hydrogen (secondary N) is 1. The molecule has 1 saturated carbocycles. The Labute approximate surface area is 183 Å². The summed E-state index contributed by atoms with van der Waals surface area (Å²) in [5.41, 5.74) is 0.469. The van der Waals surface area contributed by atoms with Crippen molar-refractivity contribution in [2.45, 2.75) is 22.5 Å². The van der Waals surface area contributed by atoms with Crippen molar-refractivity contribution in [1.82, 2.24) is 4.90 Å². The molecule has 4 atom stereocenters. The average molecular weight is 537 g/mol. The molecule has 150 valence electrons. The molecule has 1 aliphatic carbocycles. The van der Waals surface area contributed by atoms with Gasteiger partial charge in [-0.15, -0.1) is 0 Å². The second kappa shape index (κ2) is 8.92. The third kappa shape index (κ3) is 4.75. The van der Waals surface area contributed by atoms with Crippen molar-refractivity contribution in [3.8, 4) is 0 Å². The Morgan fingerprint density at radius 2 is 1.75 bits per heavy atom. The van der Waals surface area contributed by atoms with Gasteiger partial charge in [0.15, 0.2) is 6.61 Å². The van der Waals surface area contributed by atoms with Crippen LogP contribution in [0.2, 0.25) is 5.02 Å². The van der Waals surface area contributed by atoms with E-state index in [1.807, 2.05) is 0 Å². The van der Waals surface area contributed by atoms with Gasteiger partial charge in [-0.3, -0.25) is 24.1 Å². The number of amides is 3. The topological polar surface area (TPSA) is 92.8 Å². The molecule has 0 spiro atoms. The number of carbonyl (C=O) groups excluding carboxylic acids is 4. The number of imide groups is 1. The molecule has 7 nitrogen and oxygen atoms in total. The maximum absolute atomic E-state index is 12.5. The van der Waals surface area contributed by atoms with Gasteiger partial charge >= 0.3 is 5.97 Å². The Morgan fingerprint density at radius 3 is 2.32 bits per heavy atom. The Balaban J connectivity index is 1.51. The highest BCUT2D eigenvalue weighted by molar-refractivity contribution is 9.12. The van der Waals surface area contributed by atoms with E-state index in [0.717, 1.165) is 4.90 Å². The van der Waals surface area contributed by atoms with Crippen molar-refractivity contribution < 1.29 is 23.9 Å². The first kappa shape index (κ1) is 21.3. The fraction of sp³-hybridized carbons (Fsp3) is 0.444. The molecule has 1 saturated heterocycles. The number of carbonyl (C=O) groups is 4. The quantitative estimate of drug-likeness (QED) is 0.355. The molecule has 10 heteroatoms. The number of benzene rings is 1. The van der Waals surface area contributed by atoms with Gasteiger partial charge < -0.3 is 10.1 Å². The zero-order chi connectivity index (χ0) is 20.4. The molecule has 1 aliphatic heterocycles. The first-order chi connectivity index (χ1) is 13.3. The number of fused-ring (bicyclic) bond motifs is 1. The van der Waals surface area contributed by atoms with E-state index in [4.69, 9.17) is 16.3 Å². The second-order valence-corrected chi connectivity index (χ2v) is 9.49. The fourth-order valence-electron chi connectivity index (χ4n) is 3.40. The van der Waals surface area contributed by atoms with E-state index in [0.29, 0.717) is 23.6 Å². The lowest BCUT2D eigenvalue weighted by molar-refractivity contribution is -0.154. The van der Waals surface area contributed by atoms with Crippen molar-refractivity contribution in [2.24, 2.45) is 11.8 Å². The summed E-state index contributed by atoms with van der Waals surface area (Å²) in [7, 11) is 0. The van der Waals surface area contributed by atoms with Crippen LogP contribution in [0.25, 0.3) is 0 Å². The number of nitrogens with zero attached hydrogens (tertiary/aromatic N) is 1. The number of esters is 1. The highest BCUT2D eigenvalue weighted by atomic mass is 79.9. The average Bonchev–Trinajstić information content (AvgIpc) is 2.85. The Morgan fingerprint density at radius 1 is 1.14 bits per heavy atom. The van der Waals surface area contributed by atoms with Crippen LogP contribution in [0.15, 0.2) is 24.3 Å². The molecule has 0 radical (unpaired) electrons. The lowest BCUT2D eigenvalue weighted by Gasteiger charge is -2.29. The van der Waals surface area contributed by atoms with Crippen LogP contribution in [0, 0.1) is 11.8 Å². The van der Waals surface area contributed by atoms with Crippen LogP contribution >= 0.6 is 43.5 Å². The molecule has 2 aliphatic rings. The Bertz CT molecular complexity index is 793. The Kier molecular flexibility index (Phi) is 6.77. The van der Waals surface area contributed by atoms with Gasteiger partial charge in [0.1, 0.15) is 6.54 Å². The number of rotatable bonds is 5. The molecule has 1 N–H and O–H groups in total. The smallest absolute Gasteiger partial charge is 0.326 e. The van der Waals surface area contributed by atoms with E-state index >= 15 is 0 Å². The molecule has 1 heterocycles. The molecule has 0 unspecified atom stereocenters. The molecule has 0 aromatic heterocycles. The summed E-state index contributed by atoms with van der Waals surface area (Å²) in [5, 5.41) is 3.00. The van der Waals surface area contributed by atoms with Crippen LogP contribution in [-0.4, -0.2) is 51.4 Å². The third-order valence-corrected chi connectivity index (χ3v) is 7.73. The molecule has 2 fully saturated rings. The number of hydrogen-bond donors (Lipinski definition) is 1. The highest BCUT2D eigenvalue weighted by Crippen LogP contribution is 2.43. The van der Waals surface area contributed by atoms with Gasteiger partial charge in [-0.1, -0.05) is 49.5 Å². The maximum Gasteiger partial charge on any atom is 0.326 e. The predicted molar refractivity (Wildman–Crippen MR) is 109 cm³/mol. The molecule has 1 aromatic carbocycles. The number of hydrogen-bond acceptors (Lipinski definition) is 5. The number of likely N-dealkylation sites (tertiary alicyclic amines) is 1. The molecule has 3 amide bonds. The molecule has 28 heavy (non-hydrogen) atoms. The number of anilines is 1. The van der Waals surface area contributed by atoms with E-state index in [-0.39, 0.29) is 21.5 Å². The summed E-state index contributed by atoms with van der Waals surface area (Å²) in [5.74, 6) is -2.94. The van der Waals surface area contributed by atoms with Crippen molar-refractivity contribution >= 4 is 72.8 Å². The summed E-state index contributed by atoms with van der Waals surface area (Å²) in [4.78, 5) is 50.1. The van der Waals surface area contributed by atoms with Gasteiger partial charge in [0, 0.05) is 20.4 Å². The van der Waals surface area contributed by atoms with E-state index in [2.05, 4.69) is 37.2 Å². The van der Waals surface area contributed by atoms with E-state index in [1.54, 1.807) is 24.3 Å². The number of alkyl halides is 2. The number of halogens is 3. The fourth-order valence-corrected chi connectivity index (χ4v) is 4.83. The minimum Gasteiger partial charge on any atom is -0.454 e. The van der Waals surface area contributed by atoms with E-state index < -0.39 is 36.9 Å². The van der Waals surface area contributed by atoms with Gasteiger partial charge in [0.25, 0.3) is 5.91 Å². The van der Waals surface area contributed by atoms with Crippen LogP contribution in [0.4, 0.5) is 5.69 Å². The van der Waals surface area contributed by atoms with Crippen molar-refractivity contribution in [2.75, 3.05) is 18.5 Å². The van der Waals surface area contributed by atoms with Gasteiger partial charge in [0.05, 0.1) is 11.8 Å². The summed E-state index contributed by atoms with van der Waals surface area (Å²) < 4.78 is 4.91. The predicted octanol–water partition coefficient (Wildman–Crippen LogP) is 2.74. The van der Waals surface area contributed by atoms with Crippen molar-refractivity contribution in [1.29, 1.82) is 0 Å². The minimum absolute atomic E-state index is 0.0904. The van der Waals surface area contributed by atoms with Crippen molar-refractivity contribution in [3.63, 3.8) is 0 Å². The lowest BCUT2D eigenvalue weighted by atomic mass is 9.81. The lowest BCUT2D eigenvalue weighted by Crippen LogP contribution is -2.37. The molecule has 3 rings (SSSR count). The molecular weight excluding hydrogens is 519 g/mol. The first-order valence-corrected chi connectivity index (χ1v) is 10.8. The maximum atomic E-state index is 12.5. The third-order valence-electron chi connectivity index (χ3n) is 4.76. The van der Waals surface area contributed by atoms with Gasteiger partial charge in [-0.25, -0.2) is 0 Å². The van der Waals surface area contributed by atoms with Gasteiger partial charge in [-0.2, -0.15) is 0 Å². The van der Waals surface area contributed by atoms with Crippen LogP contribution in [0.5, 0.6) is 0 Å². The van der Waals surface area contributed by atoms with Gasteiger partial charge in [0.2, 0.25) is 11.8 Å². The first-order valence-electron chi connectivity index (χ1n) is 8.60. The normalized spacial score (nSPS) is 26.8. The van der Waals surface area contributed by atoms with Crippen LogP contribution in [0.1, 0.15) is 12.8 Å². The summed E-state index contributed by atoms with van der Waals surface area (Å²) >= 11 is 12.9. The van der Waals surface area contributed by atoms with Crippen molar-refractivity contribution in [3.05, 3.63) is 29.3 Å². The van der Waals surface area contributed by atoms with Crippen LogP contribution in [-0.2, 0) is 23.9 Å². The Hall–Kier alpha value is -1.45. The highest BCUT2D eigenvalue weighted by Gasteiger charge is 2.52. The monoisotopic (exact) mass is 534 g/mol. The standard InChI is InChI=1S/C18H17Br2ClN2O5/c19-13-5-11-12(6-14(13)20)18(27)23(17(11)26)7-16(25)28-8-15(24)22-10-3-1-2-9(21)4-10/h1-4,11-14H,5-8H2,(H,22,24)/t11-,12+,13+,14-. The zero-order valence-electron chi connectivity index (χ0n) is 14.6. The summed E-state index contributed by atoms with van der Waals surface area (Å²) in [6.45, 7) is -1.02.